The first kappa shape index (κ1) is 16.6. The van der Waals surface area contributed by atoms with Gasteiger partial charge in [-0.25, -0.2) is 4.98 Å². The van der Waals surface area contributed by atoms with Crippen LogP contribution in [0.3, 0.4) is 0 Å². The maximum absolute atomic E-state index is 4.64. The summed E-state index contributed by atoms with van der Waals surface area (Å²) in [7, 11) is 0. The molecule has 1 atom stereocenters. The Bertz CT molecular complexity index is 329. The fourth-order valence-electron chi connectivity index (χ4n) is 2.75. The molecule has 0 aliphatic rings. The molecule has 0 radical (unpaired) electrons. The van der Waals surface area contributed by atoms with Crippen molar-refractivity contribution in [3.63, 3.8) is 0 Å². The molecule has 0 aliphatic heterocycles. The number of hydrogen-bond acceptors (Lipinski definition) is 3. The number of nitrogens with one attached hydrogen (secondary N) is 1. The van der Waals surface area contributed by atoms with Crippen molar-refractivity contribution >= 4 is 11.3 Å². The molecule has 2 nitrogen and oxygen atoms in total. The van der Waals surface area contributed by atoms with Crippen LogP contribution in [0.2, 0.25) is 0 Å². The number of hydrogen-bond donors (Lipinski definition) is 1. The van der Waals surface area contributed by atoms with Crippen LogP contribution in [0.15, 0.2) is 5.38 Å². The van der Waals surface area contributed by atoms with Crippen LogP contribution in [0.1, 0.15) is 63.6 Å². The van der Waals surface area contributed by atoms with Crippen molar-refractivity contribution < 1.29 is 0 Å². The standard InChI is InChI=1S/C16H30N2S/c1-5-8-14(9-6-2)16(17-10-7-3)11-15-12-19-13(4)18-15/h12,14,16-17H,5-11H2,1-4H3. The molecule has 0 fully saturated rings. The minimum atomic E-state index is 0.598. The summed E-state index contributed by atoms with van der Waals surface area (Å²) in [5, 5.41) is 7.18. The van der Waals surface area contributed by atoms with E-state index in [9.17, 15) is 0 Å². The largest absolute Gasteiger partial charge is 0.313 e. The fourth-order valence-corrected chi connectivity index (χ4v) is 3.38. The molecule has 0 saturated carbocycles. The quantitative estimate of drug-likeness (QED) is 0.679. The Kier molecular flexibility index (Phi) is 8.31. The SMILES string of the molecule is CCCNC(Cc1csc(C)n1)C(CCC)CCC. The van der Waals surface area contributed by atoms with E-state index in [1.165, 1.54) is 42.8 Å². The molecular weight excluding hydrogens is 252 g/mol. The molecule has 19 heavy (non-hydrogen) atoms. The molecule has 1 aromatic heterocycles. The van der Waals surface area contributed by atoms with Crippen LogP contribution >= 0.6 is 11.3 Å². The third-order valence-corrected chi connectivity index (χ3v) is 4.46. The Morgan fingerprint density at radius 3 is 2.32 bits per heavy atom. The molecule has 0 aliphatic carbocycles. The summed E-state index contributed by atoms with van der Waals surface area (Å²) >= 11 is 1.77. The van der Waals surface area contributed by atoms with Gasteiger partial charge in [-0.1, -0.05) is 33.6 Å². The average molecular weight is 282 g/mol. The zero-order valence-corrected chi connectivity index (χ0v) is 13.9. The lowest BCUT2D eigenvalue weighted by atomic mass is 9.88. The lowest BCUT2D eigenvalue weighted by molar-refractivity contribution is 0.307. The predicted octanol–water partition coefficient (Wildman–Crippen LogP) is 4.58. The zero-order valence-electron chi connectivity index (χ0n) is 13.0. The summed E-state index contributed by atoms with van der Waals surface area (Å²) in [6.45, 7) is 10.1. The van der Waals surface area contributed by atoms with Gasteiger partial charge in [0.05, 0.1) is 10.7 Å². The summed E-state index contributed by atoms with van der Waals surface area (Å²) < 4.78 is 0. The van der Waals surface area contributed by atoms with Gasteiger partial charge in [-0.3, -0.25) is 0 Å². The summed E-state index contributed by atoms with van der Waals surface area (Å²) in [4.78, 5) is 4.64. The highest BCUT2D eigenvalue weighted by Crippen LogP contribution is 2.22. The van der Waals surface area contributed by atoms with Crippen molar-refractivity contribution in [2.24, 2.45) is 5.92 Å². The van der Waals surface area contributed by atoms with Crippen LogP contribution in [0.25, 0.3) is 0 Å². The first-order chi connectivity index (χ1) is 9.21. The maximum atomic E-state index is 4.64. The monoisotopic (exact) mass is 282 g/mol. The van der Waals surface area contributed by atoms with E-state index in [2.05, 4.69) is 43.4 Å². The van der Waals surface area contributed by atoms with Crippen molar-refractivity contribution in [2.45, 2.75) is 72.3 Å². The molecule has 0 saturated heterocycles. The Hall–Kier alpha value is -0.410. The molecular formula is C16H30N2S. The first-order valence-corrected chi connectivity index (χ1v) is 8.73. The number of nitrogens with zero attached hydrogens (tertiary/aromatic N) is 1. The van der Waals surface area contributed by atoms with E-state index in [1.54, 1.807) is 11.3 Å². The van der Waals surface area contributed by atoms with Crippen LogP contribution in [-0.2, 0) is 6.42 Å². The summed E-state index contributed by atoms with van der Waals surface area (Å²) in [5.41, 5.74) is 1.27. The van der Waals surface area contributed by atoms with Gasteiger partial charge in [0.2, 0.25) is 0 Å². The van der Waals surface area contributed by atoms with Crippen LogP contribution in [-0.4, -0.2) is 17.6 Å². The molecule has 1 heterocycles. The van der Waals surface area contributed by atoms with Gasteiger partial charge >= 0.3 is 0 Å². The second-order valence-corrected chi connectivity index (χ2v) is 6.52. The van der Waals surface area contributed by atoms with Gasteiger partial charge in [-0.2, -0.15) is 0 Å². The molecule has 0 bridgehead atoms. The van der Waals surface area contributed by atoms with Crippen LogP contribution in [0.4, 0.5) is 0 Å². The van der Waals surface area contributed by atoms with E-state index < -0.39 is 0 Å². The third kappa shape index (κ3) is 6.05. The molecule has 1 unspecified atom stereocenters. The number of aromatic nitrogens is 1. The Balaban J connectivity index is 2.67. The number of rotatable bonds is 10. The van der Waals surface area contributed by atoms with Gasteiger partial charge in [-0.05, 0) is 38.6 Å². The highest BCUT2D eigenvalue weighted by molar-refractivity contribution is 7.09. The lowest BCUT2D eigenvalue weighted by Gasteiger charge is -2.27. The molecule has 0 amide bonds. The van der Waals surface area contributed by atoms with Gasteiger partial charge in [0.1, 0.15) is 0 Å². The predicted molar refractivity (Wildman–Crippen MR) is 85.9 cm³/mol. The summed E-state index contributed by atoms with van der Waals surface area (Å²) in [5.74, 6) is 0.795. The summed E-state index contributed by atoms with van der Waals surface area (Å²) in [6.07, 6.45) is 7.53. The van der Waals surface area contributed by atoms with Crippen LogP contribution in [0.5, 0.6) is 0 Å². The maximum Gasteiger partial charge on any atom is 0.0897 e. The van der Waals surface area contributed by atoms with Crippen molar-refractivity contribution in [1.29, 1.82) is 0 Å². The van der Waals surface area contributed by atoms with Crippen LogP contribution < -0.4 is 5.32 Å². The molecule has 110 valence electrons. The average Bonchev–Trinajstić information content (AvgIpc) is 2.80. The second kappa shape index (κ2) is 9.49. The van der Waals surface area contributed by atoms with Crippen molar-refractivity contribution in [3.05, 3.63) is 16.1 Å². The molecule has 0 spiro atoms. The molecule has 1 N–H and O–H groups in total. The second-order valence-electron chi connectivity index (χ2n) is 5.46. The first-order valence-electron chi connectivity index (χ1n) is 7.85. The Morgan fingerprint density at radius 1 is 1.16 bits per heavy atom. The molecule has 1 aromatic rings. The zero-order chi connectivity index (χ0) is 14.1. The highest BCUT2D eigenvalue weighted by atomic mass is 32.1. The van der Waals surface area contributed by atoms with Crippen molar-refractivity contribution in [2.75, 3.05) is 6.54 Å². The van der Waals surface area contributed by atoms with Gasteiger partial charge in [0.25, 0.3) is 0 Å². The Morgan fingerprint density at radius 2 is 1.84 bits per heavy atom. The minimum Gasteiger partial charge on any atom is -0.313 e. The van der Waals surface area contributed by atoms with E-state index in [1.807, 2.05) is 0 Å². The van der Waals surface area contributed by atoms with E-state index in [-0.39, 0.29) is 0 Å². The van der Waals surface area contributed by atoms with Gasteiger partial charge in [-0.15, -0.1) is 11.3 Å². The third-order valence-electron chi connectivity index (χ3n) is 3.64. The topological polar surface area (TPSA) is 24.9 Å². The Labute approximate surface area is 123 Å². The van der Waals surface area contributed by atoms with Gasteiger partial charge in [0.15, 0.2) is 0 Å². The van der Waals surface area contributed by atoms with Crippen molar-refractivity contribution in [3.8, 4) is 0 Å². The van der Waals surface area contributed by atoms with Crippen molar-refractivity contribution in [1.82, 2.24) is 10.3 Å². The van der Waals surface area contributed by atoms with E-state index >= 15 is 0 Å². The molecule has 0 aromatic carbocycles. The normalized spacial score (nSPS) is 13.1. The van der Waals surface area contributed by atoms with Crippen LogP contribution in [0, 0.1) is 12.8 Å². The summed E-state index contributed by atoms with van der Waals surface area (Å²) in [6, 6.07) is 0.598. The molecule has 3 heteroatoms. The van der Waals surface area contributed by atoms with E-state index in [4.69, 9.17) is 0 Å². The number of aryl methyl sites for hydroxylation is 1. The van der Waals surface area contributed by atoms with Gasteiger partial charge < -0.3 is 5.32 Å². The highest BCUT2D eigenvalue weighted by Gasteiger charge is 2.20. The number of thiazole rings is 1. The molecule has 1 rings (SSSR count). The van der Waals surface area contributed by atoms with E-state index in [0.29, 0.717) is 6.04 Å². The lowest BCUT2D eigenvalue weighted by Crippen LogP contribution is -2.38. The van der Waals surface area contributed by atoms with E-state index in [0.717, 1.165) is 18.9 Å². The minimum absolute atomic E-state index is 0.598. The smallest absolute Gasteiger partial charge is 0.0897 e. The van der Waals surface area contributed by atoms with Gasteiger partial charge in [0, 0.05) is 17.8 Å². The fraction of sp³-hybridized carbons (Fsp3) is 0.812.